The summed E-state index contributed by atoms with van der Waals surface area (Å²) in [5.74, 6) is 0.117. The molecule has 128 valence electrons. The van der Waals surface area contributed by atoms with Crippen LogP contribution >= 0.6 is 0 Å². The quantitative estimate of drug-likeness (QED) is 0.813. The molecule has 1 aliphatic heterocycles. The Morgan fingerprint density at radius 1 is 1.35 bits per heavy atom. The zero-order chi connectivity index (χ0) is 16.7. The van der Waals surface area contributed by atoms with Crippen LogP contribution in [0.1, 0.15) is 57.6 Å². The molecule has 1 saturated heterocycles. The summed E-state index contributed by atoms with van der Waals surface area (Å²) >= 11 is 0. The average Bonchev–Trinajstić information content (AvgIpc) is 2.56. The van der Waals surface area contributed by atoms with Crippen LogP contribution in [0.2, 0.25) is 0 Å². The third kappa shape index (κ3) is 5.33. The van der Waals surface area contributed by atoms with E-state index in [-0.39, 0.29) is 18.0 Å². The minimum absolute atomic E-state index is 0.0000168. The van der Waals surface area contributed by atoms with Gasteiger partial charge in [0.25, 0.3) is 0 Å². The van der Waals surface area contributed by atoms with E-state index in [0.717, 1.165) is 37.9 Å². The molecule has 23 heavy (non-hydrogen) atoms. The Balaban J connectivity index is 1.86. The summed E-state index contributed by atoms with van der Waals surface area (Å²) in [6.07, 6.45) is 4.33. The lowest BCUT2D eigenvalue weighted by Gasteiger charge is -2.35. The first-order chi connectivity index (χ1) is 11.1. The first-order valence-electron chi connectivity index (χ1n) is 8.89. The van der Waals surface area contributed by atoms with Crippen molar-refractivity contribution >= 4 is 5.91 Å². The zero-order valence-electron chi connectivity index (χ0n) is 14.4. The van der Waals surface area contributed by atoms with Crippen LogP contribution in [0.4, 0.5) is 0 Å². The number of piperidine rings is 1. The van der Waals surface area contributed by atoms with Crippen LogP contribution in [0.5, 0.6) is 0 Å². The first kappa shape index (κ1) is 18.0. The van der Waals surface area contributed by atoms with E-state index >= 15 is 0 Å². The van der Waals surface area contributed by atoms with E-state index in [1.165, 1.54) is 6.42 Å². The van der Waals surface area contributed by atoms with Crippen LogP contribution in [0.25, 0.3) is 0 Å². The van der Waals surface area contributed by atoms with Gasteiger partial charge in [-0.05, 0) is 51.3 Å². The molecule has 3 unspecified atom stereocenters. The van der Waals surface area contributed by atoms with Crippen molar-refractivity contribution < 1.29 is 9.90 Å². The molecule has 1 aromatic rings. The second-order valence-electron chi connectivity index (χ2n) is 6.62. The van der Waals surface area contributed by atoms with E-state index in [4.69, 9.17) is 0 Å². The minimum atomic E-state index is -0.537. The number of likely N-dealkylation sites (tertiary alicyclic amines) is 1. The molecule has 3 atom stereocenters. The van der Waals surface area contributed by atoms with Crippen LogP contribution in [0, 0.1) is 0 Å². The van der Waals surface area contributed by atoms with E-state index in [0.29, 0.717) is 6.42 Å². The molecule has 1 aromatic carbocycles. The van der Waals surface area contributed by atoms with Gasteiger partial charge in [-0.3, -0.25) is 9.69 Å². The fraction of sp³-hybridized carbons (Fsp3) is 0.632. The first-order valence-corrected chi connectivity index (χ1v) is 8.89. The van der Waals surface area contributed by atoms with Gasteiger partial charge in [0.2, 0.25) is 5.91 Å². The Bertz CT molecular complexity index is 476. The maximum absolute atomic E-state index is 12.6. The maximum atomic E-state index is 12.6. The molecule has 4 heteroatoms. The Hall–Kier alpha value is -1.39. The molecule has 0 saturated carbocycles. The summed E-state index contributed by atoms with van der Waals surface area (Å²) in [6.45, 7) is 6.13. The Morgan fingerprint density at radius 2 is 2.09 bits per heavy atom. The van der Waals surface area contributed by atoms with Gasteiger partial charge >= 0.3 is 0 Å². The van der Waals surface area contributed by atoms with Crippen molar-refractivity contribution in [1.29, 1.82) is 0 Å². The van der Waals surface area contributed by atoms with Crippen molar-refractivity contribution in [3.63, 3.8) is 0 Å². The highest BCUT2D eigenvalue weighted by atomic mass is 16.3. The molecular formula is C19H30N2O2. The molecule has 1 amide bonds. The fourth-order valence-corrected chi connectivity index (χ4v) is 3.39. The average molecular weight is 318 g/mol. The number of benzene rings is 1. The summed E-state index contributed by atoms with van der Waals surface area (Å²) < 4.78 is 0. The van der Waals surface area contributed by atoms with Gasteiger partial charge in [0.15, 0.2) is 0 Å². The molecule has 0 radical (unpaired) electrons. The largest absolute Gasteiger partial charge is 0.388 e. The number of aliphatic hydroxyl groups is 1. The topological polar surface area (TPSA) is 52.6 Å². The van der Waals surface area contributed by atoms with Crippen molar-refractivity contribution in [3.05, 3.63) is 35.9 Å². The zero-order valence-corrected chi connectivity index (χ0v) is 14.4. The molecule has 2 rings (SSSR count). The number of amides is 1. The van der Waals surface area contributed by atoms with E-state index in [1.807, 2.05) is 37.3 Å². The summed E-state index contributed by atoms with van der Waals surface area (Å²) in [6, 6.07) is 9.58. The van der Waals surface area contributed by atoms with Gasteiger partial charge in [-0.15, -0.1) is 0 Å². The van der Waals surface area contributed by atoms with Crippen LogP contribution in [-0.2, 0) is 4.79 Å². The third-order valence-electron chi connectivity index (χ3n) is 4.58. The molecule has 1 aliphatic rings. The second-order valence-corrected chi connectivity index (χ2v) is 6.62. The number of nitrogens with zero attached hydrogens (tertiary/aromatic N) is 1. The van der Waals surface area contributed by atoms with Gasteiger partial charge in [-0.1, -0.05) is 43.7 Å². The van der Waals surface area contributed by atoms with Crippen LogP contribution in [-0.4, -0.2) is 41.1 Å². The maximum Gasteiger partial charge on any atom is 0.237 e. The molecule has 4 nitrogen and oxygen atoms in total. The van der Waals surface area contributed by atoms with Crippen molar-refractivity contribution in [2.75, 3.05) is 13.1 Å². The Labute approximate surface area is 139 Å². The molecule has 0 aromatic heterocycles. The van der Waals surface area contributed by atoms with Gasteiger partial charge < -0.3 is 10.4 Å². The molecule has 2 N–H and O–H groups in total. The number of aliphatic hydroxyl groups excluding tert-OH is 1. The molecule has 0 spiro atoms. The Kier molecular flexibility index (Phi) is 7.06. The predicted molar refractivity (Wildman–Crippen MR) is 93.1 cm³/mol. The summed E-state index contributed by atoms with van der Waals surface area (Å²) in [5, 5.41) is 13.4. The number of hydrogen-bond acceptors (Lipinski definition) is 3. The second kappa shape index (κ2) is 9.04. The van der Waals surface area contributed by atoms with Crippen LogP contribution < -0.4 is 5.32 Å². The fourth-order valence-electron chi connectivity index (χ4n) is 3.39. The SMILES string of the molecule is CCCN1CCCCC1C(=O)NC(C)CC(O)c1ccccc1. The van der Waals surface area contributed by atoms with Gasteiger partial charge in [0, 0.05) is 6.04 Å². The molecule has 0 bridgehead atoms. The lowest BCUT2D eigenvalue weighted by atomic mass is 9.99. The van der Waals surface area contributed by atoms with Gasteiger partial charge in [0.05, 0.1) is 12.1 Å². The standard InChI is InChI=1S/C19H30N2O2/c1-3-12-21-13-8-7-11-17(21)19(23)20-15(2)14-18(22)16-9-5-4-6-10-16/h4-6,9-10,15,17-18,22H,3,7-8,11-14H2,1-2H3,(H,20,23). The number of carbonyl (C=O) groups is 1. The lowest BCUT2D eigenvalue weighted by molar-refractivity contribution is -0.128. The van der Waals surface area contributed by atoms with Crippen molar-refractivity contribution in [3.8, 4) is 0 Å². The number of rotatable bonds is 7. The smallest absolute Gasteiger partial charge is 0.237 e. The monoisotopic (exact) mass is 318 g/mol. The predicted octanol–water partition coefficient (Wildman–Crippen LogP) is 2.88. The highest BCUT2D eigenvalue weighted by molar-refractivity contribution is 5.82. The number of carbonyl (C=O) groups excluding carboxylic acids is 1. The Morgan fingerprint density at radius 3 is 2.78 bits per heavy atom. The highest BCUT2D eigenvalue weighted by Crippen LogP contribution is 2.20. The van der Waals surface area contributed by atoms with Crippen LogP contribution in [0.3, 0.4) is 0 Å². The summed E-state index contributed by atoms with van der Waals surface area (Å²) in [7, 11) is 0. The molecule has 1 heterocycles. The molecule has 0 aliphatic carbocycles. The van der Waals surface area contributed by atoms with Crippen molar-refractivity contribution in [2.45, 2.75) is 64.1 Å². The van der Waals surface area contributed by atoms with Crippen molar-refractivity contribution in [1.82, 2.24) is 10.2 Å². The number of hydrogen-bond donors (Lipinski definition) is 2. The molecular weight excluding hydrogens is 288 g/mol. The highest BCUT2D eigenvalue weighted by Gasteiger charge is 2.28. The summed E-state index contributed by atoms with van der Waals surface area (Å²) in [4.78, 5) is 14.9. The lowest BCUT2D eigenvalue weighted by Crippen LogP contribution is -2.51. The minimum Gasteiger partial charge on any atom is -0.388 e. The van der Waals surface area contributed by atoms with Crippen molar-refractivity contribution in [2.24, 2.45) is 0 Å². The normalized spacial score (nSPS) is 21.6. The van der Waals surface area contributed by atoms with E-state index in [9.17, 15) is 9.90 Å². The van der Waals surface area contributed by atoms with E-state index in [2.05, 4.69) is 17.1 Å². The van der Waals surface area contributed by atoms with E-state index < -0.39 is 6.10 Å². The van der Waals surface area contributed by atoms with Gasteiger partial charge in [0.1, 0.15) is 0 Å². The number of nitrogens with one attached hydrogen (secondary N) is 1. The van der Waals surface area contributed by atoms with E-state index in [1.54, 1.807) is 0 Å². The summed E-state index contributed by atoms with van der Waals surface area (Å²) in [5.41, 5.74) is 0.902. The molecule has 1 fully saturated rings. The van der Waals surface area contributed by atoms with Crippen LogP contribution in [0.15, 0.2) is 30.3 Å². The van der Waals surface area contributed by atoms with Gasteiger partial charge in [-0.2, -0.15) is 0 Å². The van der Waals surface area contributed by atoms with Gasteiger partial charge in [-0.25, -0.2) is 0 Å². The third-order valence-corrected chi connectivity index (χ3v) is 4.58.